The van der Waals surface area contributed by atoms with Gasteiger partial charge in [-0.2, -0.15) is 10.1 Å². The molecule has 0 atom stereocenters. The first-order valence-electron chi connectivity index (χ1n) is 14.1. The van der Waals surface area contributed by atoms with Crippen molar-refractivity contribution >= 4 is 42.3 Å². The van der Waals surface area contributed by atoms with Gasteiger partial charge < -0.3 is 34.3 Å². The standard InChI is InChI=1S/C30H42N8O4Si/c1-9-27(39)32-24-16-23(25(40-5)17-26(24)42-13-12-36(2)3)33-30-34-28(21-18-31-37(4)19-21)22-10-11-38(29(22)35-30)20-41-14-15-43(6,7)8/h9-11,16-19H,1,12-15,20H2,2-8H3,(H,32,39)(H,33,34,35). The molecule has 4 aromatic rings. The second kappa shape index (κ2) is 13.8. The van der Waals surface area contributed by atoms with Gasteiger partial charge in [0.1, 0.15) is 30.5 Å². The molecule has 0 unspecified atom stereocenters. The van der Waals surface area contributed by atoms with E-state index in [1.807, 2.05) is 49.1 Å². The van der Waals surface area contributed by atoms with Crippen LogP contribution in [0.25, 0.3) is 22.3 Å². The number of methoxy groups -OCH3 is 1. The lowest BCUT2D eigenvalue weighted by atomic mass is 10.2. The van der Waals surface area contributed by atoms with Crippen molar-refractivity contribution in [3.8, 4) is 22.8 Å². The maximum Gasteiger partial charge on any atom is 0.247 e. The molecular formula is C30H42N8O4Si. The minimum atomic E-state index is -1.21. The van der Waals surface area contributed by atoms with E-state index in [1.165, 1.54) is 6.08 Å². The van der Waals surface area contributed by atoms with Crippen molar-refractivity contribution in [2.75, 3.05) is 51.6 Å². The second-order valence-corrected chi connectivity index (χ2v) is 17.3. The van der Waals surface area contributed by atoms with E-state index < -0.39 is 8.07 Å². The highest BCUT2D eigenvalue weighted by Gasteiger charge is 2.19. The van der Waals surface area contributed by atoms with Gasteiger partial charge in [-0.3, -0.25) is 9.48 Å². The van der Waals surface area contributed by atoms with Crippen molar-refractivity contribution in [1.82, 2.24) is 29.2 Å². The van der Waals surface area contributed by atoms with Crippen LogP contribution in [0.5, 0.6) is 11.5 Å². The summed E-state index contributed by atoms with van der Waals surface area (Å²) in [5, 5.41) is 11.4. The van der Waals surface area contributed by atoms with Crippen molar-refractivity contribution in [3.05, 3.63) is 49.4 Å². The molecule has 12 nitrogen and oxygen atoms in total. The zero-order valence-corrected chi connectivity index (χ0v) is 27.1. The van der Waals surface area contributed by atoms with Gasteiger partial charge in [0.25, 0.3) is 0 Å². The molecule has 230 valence electrons. The number of nitrogens with zero attached hydrogens (tertiary/aromatic N) is 6. The van der Waals surface area contributed by atoms with Gasteiger partial charge in [-0.1, -0.05) is 26.2 Å². The number of hydrogen-bond donors (Lipinski definition) is 2. The van der Waals surface area contributed by atoms with Gasteiger partial charge in [0.2, 0.25) is 11.9 Å². The quantitative estimate of drug-likeness (QED) is 0.110. The summed E-state index contributed by atoms with van der Waals surface area (Å²) in [7, 11) is 6.15. The molecule has 13 heteroatoms. The number of likely N-dealkylation sites (N-methyl/N-ethyl adjacent to an activating group) is 1. The average Bonchev–Trinajstić information content (AvgIpc) is 3.57. The minimum Gasteiger partial charge on any atom is -0.494 e. The van der Waals surface area contributed by atoms with E-state index in [2.05, 4.69) is 42.0 Å². The van der Waals surface area contributed by atoms with Crippen LogP contribution >= 0.6 is 0 Å². The van der Waals surface area contributed by atoms with Crippen LogP contribution in [0.3, 0.4) is 0 Å². The lowest BCUT2D eigenvalue weighted by molar-refractivity contribution is -0.111. The number of aryl methyl sites for hydroxylation is 1. The van der Waals surface area contributed by atoms with Gasteiger partial charge >= 0.3 is 0 Å². The summed E-state index contributed by atoms with van der Waals surface area (Å²) in [6.45, 7) is 12.7. The van der Waals surface area contributed by atoms with Gasteiger partial charge in [-0.15, -0.1) is 0 Å². The van der Waals surface area contributed by atoms with E-state index in [0.29, 0.717) is 61.0 Å². The molecule has 0 radical (unpaired) electrons. The Morgan fingerprint density at radius 3 is 2.58 bits per heavy atom. The summed E-state index contributed by atoms with van der Waals surface area (Å²) in [5.41, 5.74) is 3.30. The predicted molar refractivity (Wildman–Crippen MR) is 173 cm³/mol. The fraction of sp³-hybridized carbons (Fsp3) is 0.400. The maximum absolute atomic E-state index is 12.3. The summed E-state index contributed by atoms with van der Waals surface area (Å²) in [6.07, 6.45) is 6.85. The summed E-state index contributed by atoms with van der Waals surface area (Å²) >= 11 is 0. The highest BCUT2D eigenvalue weighted by molar-refractivity contribution is 6.76. The van der Waals surface area contributed by atoms with Crippen molar-refractivity contribution < 1.29 is 19.0 Å². The molecule has 0 bridgehead atoms. The molecule has 0 aliphatic heterocycles. The molecule has 3 heterocycles. The van der Waals surface area contributed by atoms with E-state index in [4.69, 9.17) is 24.2 Å². The summed E-state index contributed by atoms with van der Waals surface area (Å²) in [5.74, 6) is 0.940. The molecule has 43 heavy (non-hydrogen) atoms. The van der Waals surface area contributed by atoms with Crippen molar-refractivity contribution in [2.45, 2.75) is 32.4 Å². The Bertz CT molecular complexity index is 1570. The van der Waals surface area contributed by atoms with Crippen LogP contribution in [0.2, 0.25) is 25.7 Å². The van der Waals surface area contributed by atoms with Crippen LogP contribution in [0, 0.1) is 0 Å². The number of rotatable bonds is 15. The molecule has 2 N–H and O–H groups in total. The maximum atomic E-state index is 12.3. The molecule has 0 saturated heterocycles. The van der Waals surface area contributed by atoms with Crippen LogP contribution in [-0.2, 0) is 23.3 Å². The molecule has 0 spiro atoms. The number of amides is 1. The van der Waals surface area contributed by atoms with Gasteiger partial charge in [-0.05, 0) is 38.3 Å². The lowest BCUT2D eigenvalue weighted by Gasteiger charge is -2.18. The smallest absolute Gasteiger partial charge is 0.247 e. The highest BCUT2D eigenvalue weighted by atomic mass is 28.3. The Labute approximate surface area is 253 Å². The first-order valence-corrected chi connectivity index (χ1v) is 17.8. The fourth-order valence-corrected chi connectivity index (χ4v) is 4.97. The Hall–Kier alpha value is -4.20. The molecule has 0 aliphatic carbocycles. The third-order valence-electron chi connectivity index (χ3n) is 6.61. The minimum absolute atomic E-state index is 0.342. The molecular weight excluding hydrogens is 564 g/mol. The van der Waals surface area contributed by atoms with Crippen LogP contribution < -0.4 is 20.1 Å². The van der Waals surface area contributed by atoms with E-state index in [9.17, 15) is 4.79 Å². The SMILES string of the molecule is C=CC(=O)Nc1cc(Nc2nc(-c3cnn(C)c3)c3ccn(COCC[Si](C)(C)C)c3n2)c(OC)cc1OCCN(C)C. The molecule has 1 amide bonds. The van der Waals surface area contributed by atoms with Crippen molar-refractivity contribution in [1.29, 1.82) is 0 Å². The third kappa shape index (κ3) is 8.43. The van der Waals surface area contributed by atoms with Gasteiger partial charge in [0.05, 0.1) is 30.4 Å². The zero-order valence-electron chi connectivity index (χ0n) is 26.1. The molecule has 4 rings (SSSR count). The number of benzene rings is 1. The average molecular weight is 607 g/mol. The molecule has 0 saturated carbocycles. The van der Waals surface area contributed by atoms with Crippen LogP contribution in [-0.4, -0.2) is 84.2 Å². The number of aromatic nitrogens is 5. The summed E-state index contributed by atoms with van der Waals surface area (Å²) in [4.78, 5) is 24.0. The number of carbonyl (C=O) groups is 1. The van der Waals surface area contributed by atoms with E-state index in [-0.39, 0.29) is 5.91 Å². The van der Waals surface area contributed by atoms with Crippen molar-refractivity contribution in [2.24, 2.45) is 7.05 Å². The van der Waals surface area contributed by atoms with Gasteiger partial charge in [0.15, 0.2) is 0 Å². The Kier molecular flexibility index (Phi) is 10.2. The van der Waals surface area contributed by atoms with E-state index in [0.717, 1.165) is 22.7 Å². The first-order chi connectivity index (χ1) is 20.5. The Balaban J connectivity index is 1.73. The van der Waals surface area contributed by atoms with Crippen molar-refractivity contribution in [3.63, 3.8) is 0 Å². The van der Waals surface area contributed by atoms with Crippen LogP contribution in [0.15, 0.2) is 49.4 Å². The Morgan fingerprint density at radius 2 is 1.93 bits per heavy atom. The second-order valence-electron chi connectivity index (χ2n) is 11.7. The van der Waals surface area contributed by atoms with Gasteiger partial charge in [-0.25, -0.2) is 4.98 Å². The predicted octanol–water partition coefficient (Wildman–Crippen LogP) is 4.96. The molecule has 3 aromatic heterocycles. The third-order valence-corrected chi connectivity index (χ3v) is 8.32. The number of anilines is 3. The monoisotopic (exact) mass is 606 g/mol. The van der Waals surface area contributed by atoms with E-state index >= 15 is 0 Å². The summed E-state index contributed by atoms with van der Waals surface area (Å²) < 4.78 is 21.5. The lowest BCUT2D eigenvalue weighted by Crippen LogP contribution is -2.22. The fourth-order valence-electron chi connectivity index (χ4n) is 4.22. The first kappa shape index (κ1) is 31.7. The topological polar surface area (TPSA) is 121 Å². The number of ether oxygens (including phenoxy) is 3. The van der Waals surface area contributed by atoms with Gasteiger partial charge in [0, 0.05) is 57.7 Å². The number of carbonyl (C=O) groups excluding carboxylic acids is 1. The molecule has 0 fully saturated rings. The largest absolute Gasteiger partial charge is 0.494 e. The highest BCUT2D eigenvalue weighted by Crippen LogP contribution is 2.38. The number of hydrogen-bond acceptors (Lipinski definition) is 9. The van der Waals surface area contributed by atoms with Crippen LogP contribution in [0.4, 0.5) is 17.3 Å². The normalized spacial score (nSPS) is 11.6. The number of nitrogens with one attached hydrogen (secondary N) is 2. The molecule has 1 aromatic carbocycles. The number of fused-ring (bicyclic) bond motifs is 1. The Morgan fingerprint density at radius 1 is 1.14 bits per heavy atom. The summed E-state index contributed by atoms with van der Waals surface area (Å²) in [6, 6.07) is 6.54. The molecule has 0 aliphatic rings. The van der Waals surface area contributed by atoms with E-state index in [1.54, 1.807) is 30.1 Å². The zero-order chi connectivity index (χ0) is 31.1. The van der Waals surface area contributed by atoms with Crippen LogP contribution in [0.1, 0.15) is 0 Å².